The Balaban J connectivity index is 1.68. The van der Waals surface area contributed by atoms with Gasteiger partial charge < -0.3 is 16.0 Å². The molecular weight excluding hydrogens is 312 g/mol. The van der Waals surface area contributed by atoms with Gasteiger partial charge in [0.05, 0.1) is 23.4 Å². The van der Waals surface area contributed by atoms with Crippen LogP contribution in [0.3, 0.4) is 0 Å². The van der Waals surface area contributed by atoms with Crippen molar-refractivity contribution in [1.29, 1.82) is 0 Å². The third kappa shape index (κ3) is 5.33. The van der Waals surface area contributed by atoms with Crippen LogP contribution in [-0.2, 0) is 6.54 Å². The molecule has 2 rings (SSSR count). The van der Waals surface area contributed by atoms with Gasteiger partial charge in [-0.15, -0.1) is 11.3 Å². The van der Waals surface area contributed by atoms with Gasteiger partial charge in [0.15, 0.2) is 5.96 Å². The summed E-state index contributed by atoms with van der Waals surface area (Å²) in [5.74, 6) is 0.571. The number of rotatable bonds is 6. The highest BCUT2D eigenvalue weighted by molar-refractivity contribution is 7.11. The minimum absolute atomic E-state index is 0.0942. The first-order valence-electron chi connectivity index (χ1n) is 7.23. The molecule has 2 aromatic rings. The maximum atomic E-state index is 11.9. The van der Waals surface area contributed by atoms with Crippen LogP contribution in [0, 0.1) is 6.92 Å². The van der Waals surface area contributed by atoms with Crippen LogP contribution >= 0.6 is 11.3 Å². The number of aromatic nitrogens is 2. The molecule has 1 amide bonds. The largest absolute Gasteiger partial charge is 0.355 e. The molecule has 0 aromatic carbocycles. The molecule has 8 heteroatoms. The lowest BCUT2D eigenvalue weighted by atomic mass is 10.3. The Hall–Kier alpha value is -2.48. The Morgan fingerprint density at radius 3 is 2.70 bits per heavy atom. The molecule has 0 fully saturated rings. The number of aliphatic imine (C=N–C) groups is 1. The van der Waals surface area contributed by atoms with E-state index in [2.05, 4.69) is 30.9 Å². The summed E-state index contributed by atoms with van der Waals surface area (Å²) < 4.78 is 0. The number of nitrogens with zero attached hydrogens (tertiary/aromatic N) is 3. The van der Waals surface area contributed by atoms with Gasteiger partial charge >= 0.3 is 0 Å². The number of aryl methyl sites for hydroxylation is 1. The van der Waals surface area contributed by atoms with Crippen LogP contribution in [0.15, 0.2) is 34.9 Å². The third-order valence-electron chi connectivity index (χ3n) is 3.04. The van der Waals surface area contributed by atoms with Crippen molar-refractivity contribution in [3.63, 3.8) is 0 Å². The van der Waals surface area contributed by atoms with E-state index in [1.807, 2.05) is 25.1 Å². The van der Waals surface area contributed by atoms with Crippen molar-refractivity contribution < 1.29 is 4.79 Å². The molecule has 2 aromatic heterocycles. The van der Waals surface area contributed by atoms with Crippen molar-refractivity contribution in [3.05, 3.63) is 46.2 Å². The van der Waals surface area contributed by atoms with Gasteiger partial charge in [0.25, 0.3) is 5.91 Å². The summed E-state index contributed by atoms with van der Waals surface area (Å²) in [6.07, 6.45) is 1.75. The fourth-order valence-corrected chi connectivity index (χ4v) is 2.57. The Bertz CT molecular complexity index is 655. The van der Waals surface area contributed by atoms with E-state index in [0.29, 0.717) is 30.5 Å². The van der Waals surface area contributed by atoms with Gasteiger partial charge in [-0.25, -0.2) is 4.98 Å². The zero-order chi connectivity index (χ0) is 16.5. The van der Waals surface area contributed by atoms with E-state index >= 15 is 0 Å². The van der Waals surface area contributed by atoms with Gasteiger partial charge in [-0.2, -0.15) is 0 Å². The maximum absolute atomic E-state index is 11.9. The number of thiazole rings is 1. The summed E-state index contributed by atoms with van der Waals surface area (Å²) in [7, 11) is 1.70. The second-order valence-corrected chi connectivity index (χ2v) is 5.55. The molecule has 3 N–H and O–H groups in total. The zero-order valence-corrected chi connectivity index (χ0v) is 14.0. The van der Waals surface area contributed by atoms with Crippen LogP contribution in [-0.4, -0.2) is 42.0 Å². The quantitative estimate of drug-likeness (QED) is 0.416. The highest BCUT2D eigenvalue weighted by Gasteiger charge is 2.10. The van der Waals surface area contributed by atoms with E-state index in [1.54, 1.807) is 18.8 Å². The second-order valence-electron chi connectivity index (χ2n) is 4.70. The van der Waals surface area contributed by atoms with Gasteiger partial charge in [0.2, 0.25) is 0 Å². The lowest BCUT2D eigenvalue weighted by molar-refractivity contribution is 0.0957. The SMILES string of the molecule is CN=C(NCCNC(=O)c1scnc1C)NCc1ccccn1. The Morgan fingerprint density at radius 1 is 1.22 bits per heavy atom. The monoisotopic (exact) mass is 332 g/mol. The number of guanidine groups is 1. The summed E-state index contributed by atoms with van der Waals surface area (Å²) in [6, 6.07) is 5.76. The van der Waals surface area contributed by atoms with E-state index in [-0.39, 0.29) is 5.91 Å². The molecule has 7 nitrogen and oxygen atoms in total. The molecule has 23 heavy (non-hydrogen) atoms. The normalized spacial score (nSPS) is 11.1. The summed E-state index contributed by atoms with van der Waals surface area (Å²) in [5.41, 5.74) is 3.36. The summed E-state index contributed by atoms with van der Waals surface area (Å²) in [4.78, 5) is 25.0. The summed E-state index contributed by atoms with van der Waals surface area (Å²) >= 11 is 1.35. The summed E-state index contributed by atoms with van der Waals surface area (Å²) in [6.45, 7) is 3.49. The molecule has 0 aliphatic rings. The first-order valence-corrected chi connectivity index (χ1v) is 8.11. The second kappa shape index (κ2) is 8.84. The fraction of sp³-hybridized carbons (Fsp3) is 0.333. The lowest BCUT2D eigenvalue weighted by Crippen LogP contribution is -2.41. The highest BCUT2D eigenvalue weighted by atomic mass is 32.1. The molecule has 0 aliphatic carbocycles. The van der Waals surface area contributed by atoms with Gasteiger partial charge in [0, 0.05) is 26.3 Å². The van der Waals surface area contributed by atoms with E-state index < -0.39 is 0 Å². The number of hydrogen-bond donors (Lipinski definition) is 3. The van der Waals surface area contributed by atoms with E-state index in [4.69, 9.17) is 0 Å². The van der Waals surface area contributed by atoms with E-state index in [0.717, 1.165) is 11.4 Å². The predicted octanol–water partition coefficient (Wildman–Crippen LogP) is 0.942. The average molecular weight is 332 g/mol. The van der Waals surface area contributed by atoms with Crippen LogP contribution in [0.1, 0.15) is 21.1 Å². The lowest BCUT2D eigenvalue weighted by Gasteiger charge is -2.12. The number of carbonyl (C=O) groups excluding carboxylic acids is 1. The molecule has 0 bridgehead atoms. The number of hydrogen-bond acceptors (Lipinski definition) is 5. The number of carbonyl (C=O) groups is 1. The van der Waals surface area contributed by atoms with Crippen LogP contribution in [0.4, 0.5) is 0 Å². The van der Waals surface area contributed by atoms with Gasteiger partial charge in [-0.3, -0.25) is 14.8 Å². The smallest absolute Gasteiger partial charge is 0.263 e. The van der Waals surface area contributed by atoms with E-state index in [9.17, 15) is 4.79 Å². The van der Waals surface area contributed by atoms with Crippen LogP contribution < -0.4 is 16.0 Å². The molecule has 0 spiro atoms. The van der Waals surface area contributed by atoms with Crippen molar-refractivity contribution in [3.8, 4) is 0 Å². The van der Waals surface area contributed by atoms with Crippen molar-refractivity contribution in [2.45, 2.75) is 13.5 Å². The minimum Gasteiger partial charge on any atom is -0.355 e. The zero-order valence-electron chi connectivity index (χ0n) is 13.2. The Morgan fingerprint density at radius 2 is 2.04 bits per heavy atom. The first-order chi connectivity index (χ1) is 11.2. The van der Waals surface area contributed by atoms with Crippen molar-refractivity contribution >= 4 is 23.2 Å². The maximum Gasteiger partial charge on any atom is 0.263 e. The molecule has 122 valence electrons. The molecule has 0 saturated carbocycles. The Kier molecular flexibility index (Phi) is 6.49. The van der Waals surface area contributed by atoms with Crippen LogP contribution in [0.25, 0.3) is 0 Å². The third-order valence-corrected chi connectivity index (χ3v) is 3.97. The molecular formula is C15H20N6OS. The average Bonchev–Trinajstić information content (AvgIpc) is 3.01. The number of amides is 1. The Labute approximate surface area is 139 Å². The van der Waals surface area contributed by atoms with Crippen LogP contribution in [0.2, 0.25) is 0 Å². The van der Waals surface area contributed by atoms with Gasteiger partial charge in [0.1, 0.15) is 4.88 Å². The predicted molar refractivity (Wildman–Crippen MR) is 91.6 cm³/mol. The molecule has 0 aliphatic heterocycles. The van der Waals surface area contributed by atoms with Gasteiger partial charge in [-0.05, 0) is 19.1 Å². The van der Waals surface area contributed by atoms with Crippen molar-refractivity contribution in [1.82, 2.24) is 25.9 Å². The molecule has 2 heterocycles. The molecule has 0 radical (unpaired) electrons. The fourth-order valence-electron chi connectivity index (χ4n) is 1.85. The topological polar surface area (TPSA) is 91.3 Å². The molecule has 0 saturated heterocycles. The number of pyridine rings is 1. The standard InChI is InChI=1S/C15H20N6OS/c1-11-13(23-10-21-11)14(22)18-7-8-19-15(16-2)20-9-12-5-3-4-6-17-12/h3-6,10H,7-9H2,1-2H3,(H,18,22)(H2,16,19,20). The number of nitrogens with one attached hydrogen (secondary N) is 3. The summed E-state index contributed by atoms with van der Waals surface area (Å²) in [5, 5.41) is 9.16. The van der Waals surface area contributed by atoms with Crippen molar-refractivity contribution in [2.24, 2.45) is 4.99 Å². The molecule has 0 unspecified atom stereocenters. The first kappa shape index (κ1) is 16.9. The van der Waals surface area contributed by atoms with E-state index in [1.165, 1.54) is 11.3 Å². The van der Waals surface area contributed by atoms with Gasteiger partial charge in [-0.1, -0.05) is 6.07 Å². The highest BCUT2D eigenvalue weighted by Crippen LogP contribution is 2.10. The molecule has 0 atom stereocenters. The van der Waals surface area contributed by atoms with Crippen LogP contribution in [0.5, 0.6) is 0 Å². The van der Waals surface area contributed by atoms with Crippen molar-refractivity contribution in [2.75, 3.05) is 20.1 Å². The minimum atomic E-state index is -0.0942.